The van der Waals surface area contributed by atoms with Crippen molar-refractivity contribution >= 4 is 27.5 Å². The Morgan fingerprint density at radius 2 is 1.42 bits per heavy atom. The molecular weight excluding hydrogens is 512 g/mol. The topological polar surface area (TPSA) is 86.8 Å². The summed E-state index contributed by atoms with van der Waals surface area (Å²) < 4.78 is 55.2. The van der Waals surface area contributed by atoms with Crippen molar-refractivity contribution in [1.82, 2.24) is 10.2 Å². The molecule has 2 amide bonds. The number of nitrogens with zero attached hydrogens (tertiary/aromatic N) is 2. The van der Waals surface area contributed by atoms with Gasteiger partial charge in [-0.15, -0.1) is 0 Å². The summed E-state index contributed by atoms with van der Waals surface area (Å²) in [5, 5.41) is 2.81. The SMILES string of the molecule is CCC(C(=O)NC(C)C)N(Cc1ccc(F)cc1)C(=O)CN(c1ccccc1)S(=O)(=O)c1ccc(F)cc1. The van der Waals surface area contributed by atoms with E-state index in [-0.39, 0.29) is 35.5 Å². The fourth-order valence-corrected chi connectivity index (χ4v) is 5.36. The number of nitrogens with one attached hydrogen (secondary N) is 1. The first-order chi connectivity index (χ1) is 18.0. The normalized spacial score (nSPS) is 12.2. The van der Waals surface area contributed by atoms with Crippen LogP contribution in [0.5, 0.6) is 0 Å². The molecule has 7 nitrogen and oxygen atoms in total. The van der Waals surface area contributed by atoms with Crippen LogP contribution in [0, 0.1) is 11.6 Å². The molecule has 3 aromatic carbocycles. The third-order valence-electron chi connectivity index (χ3n) is 5.81. The Labute approximate surface area is 222 Å². The maximum atomic E-state index is 13.8. The number of hydrogen-bond donors (Lipinski definition) is 1. The number of hydrogen-bond acceptors (Lipinski definition) is 4. The summed E-state index contributed by atoms with van der Waals surface area (Å²) in [7, 11) is -4.28. The second-order valence-corrected chi connectivity index (χ2v) is 10.9. The van der Waals surface area contributed by atoms with Crippen molar-refractivity contribution in [2.75, 3.05) is 10.8 Å². The van der Waals surface area contributed by atoms with Crippen molar-refractivity contribution in [1.29, 1.82) is 0 Å². The predicted octanol–water partition coefficient (Wildman–Crippen LogP) is 4.49. The minimum atomic E-state index is -4.28. The Bertz CT molecular complexity index is 1330. The lowest BCUT2D eigenvalue weighted by atomic mass is 10.1. The highest BCUT2D eigenvalue weighted by molar-refractivity contribution is 7.92. The minimum Gasteiger partial charge on any atom is -0.352 e. The number of para-hydroxylation sites is 1. The lowest BCUT2D eigenvalue weighted by Gasteiger charge is -2.33. The van der Waals surface area contributed by atoms with E-state index in [9.17, 15) is 26.8 Å². The summed E-state index contributed by atoms with van der Waals surface area (Å²) in [6.07, 6.45) is 0.265. The molecule has 3 aromatic rings. The van der Waals surface area contributed by atoms with Gasteiger partial charge in [0.25, 0.3) is 10.0 Å². The van der Waals surface area contributed by atoms with E-state index in [0.717, 1.165) is 28.6 Å². The highest BCUT2D eigenvalue weighted by atomic mass is 32.2. The van der Waals surface area contributed by atoms with Gasteiger partial charge >= 0.3 is 0 Å². The summed E-state index contributed by atoms with van der Waals surface area (Å²) >= 11 is 0. The van der Waals surface area contributed by atoms with E-state index in [1.54, 1.807) is 51.1 Å². The number of halogens is 2. The molecule has 0 saturated heterocycles. The highest BCUT2D eigenvalue weighted by Crippen LogP contribution is 2.25. The van der Waals surface area contributed by atoms with Crippen molar-refractivity contribution in [2.24, 2.45) is 0 Å². The van der Waals surface area contributed by atoms with Crippen molar-refractivity contribution in [2.45, 2.75) is 50.7 Å². The molecule has 0 spiro atoms. The molecule has 1 atom stereocenters. The summed E-state index contributed by atoms with van der Waals surface area (Å²) in [5.41, 5.74) is 0.801. The summed E-state index contributed by atoms with van der Waals surface area (Å²) in [6.45, 7) is 4.69. The smallest absolute Gasteiger partial charge is 0.264 e. The van der Waals surface area contributed by atoms with Gasteiger partial charge in [0.05, 0.1) is 10.6 Å². The standard InChI is InChI=1S/C28H31F2N3O4S/c1-4-26(28(35)31-20(2)3)32(18-21-10-12-22(29)13-11-21)27(34)19-33(24-8-6-5-7-9-24)38(36,37)25-16-14-23(30)15-17-25/h5-17,20,26H,4,18-19H2,1-3H3,(H,31,35). The van der Waals surface area contributed by atoms with Gasteiger partial charge in [-0.05, 0) is 74.4 Å². The summed E-state index contributed by atoms with van der Waals surface area (Å²) in [4.78, 5) is 28.0. The molecule has 0 heterocycles. The van der Waals surface area contributed by atoms with Gasteiger partial charge in [-0.2, -0.15) is 0 Å². The zero-order valence-electron chi connectivity index (χ0n) is 21.5. The third-order valence-corrected chi connectivity index (χ3v) is 7.60. The van der Waals surface area contributed by atoms with Gasteiger partial charge in [-0.1, -0.05) is 37.3 Å². The summed E-state index contributed by atoms with van der Waals surface area (Å²) in [5.74, 6) is -2.06. The van der Waals surface area contributed by atoms with Gasteiger partial charge in [-0.3, -0.25) is 13.9 Å². The minimum absolute atomic E-state index is 0.0393. The lowest BCUT2D eigenvalue weighted by molar-refractivity contribution is -0.140. The molecule has 0 fully saturated rings. The molecule has 0 aromatic heterocycles. The van der Waals surface area contributed by atoms with E-state index in [1.807, 2.05) is 0 Å². The summed E-state index contributed by atoms with van der Waals surface area (Å²) in [6, 6.07) is 16.8. The Hall–Kier alpha value is -3.79. The van der Waals surface area contributed by atoms with Crippen LogP contribution < -0.4 is 9.62 Å². The van der Waals surface area contributed by atoms with E-state index in [2.05, 4.69) is 5.32 Å². The van der Waals surface area contributed by atoms with Crippen LogP contribution >= 0.6 is 0 Å². The van der Waals surface area contributed by atoms with E-state index >= 15 is 0 Å². The third kappa shape index (κ3) is 7.16. The van der Waals surface area contributed by atoms with E-state index in [0.29, 0.717) is 5.56 Å². The monoisotopic (exact) mass is 543 g/mol. The lowest BCUT2D eigenvalue weighted by Crippen LogP contribution is -2.53. The van der Waals surface area contributed by atoms with Crippen LogP contribution in [0.3, 0.4) is 0 Å². The van der Waals surface area contributed by atoms with Crippen molar-refractivity contribution in [3.05, 3.63) is 96.1 Å². The number of anilines is 1. The van der Waals surface area contributed by atoms with Crippen molar-refractivity contribution in [3.63, 3.8) is 0 Å². The molecule has 0 saturated carbocycles. The zero-order valence-corrected chi connectivity index (χ0v) is 22.3. The van der Waals surface area contributed by atoms with E-state index < -0.39 is 40.2 Å². The average molecular weight is 544 g/mol. The molecule has 0 aliphatic heterocycles. The molecule has 1 N–H and O–H groups in total. The van der Waals surface area contributed by atoms with Gasteiger partial charge in [0.1, 0.15) is 24.2 Å². The quantitative estimate of drug-likeness (QED) is 0.386. The van der Waals surface area contributed by atoms with Crippen molar-refractivity contribution in [3.8, 4) is 0 Å². The van der Waals surface area contributed by atoms with Crippen molar-refractivity contribution < 1.29 is 26.8 Å². The molecule has 0 radical (unpaired) electrons. The number of benzene rings is 3. The van der Waals surface area contributed by atoms with Crippen LogP contribution in [0.2, 0.25) is 0 Å². The Morgan fingerprint density at radius 1 is 0.868 bits per heavy atom. The first-order valence-corrected chi connectivity index (χ1v) is 13.6. The maximum Gasteiger partial charge on any atom is 0.264 e. The van der Waals surface area contributed by atoms with E-state index in [1.165, 1.54) is 29.2 Å². The fraction of sp³-hybridized carbons (Fsp3) is 0.286. The first-order valence-electron chi connectivity index (χ1n) is 12.2. The molecule has 10 heteroatoms. The molecule has 38 heavy (non-hydrogen) atoms. The fourth-order valence-electron chi connectivity index (χ4n) is 3.94. The number of sulfonamides is 1. The molecule has 0 aliphatic rings. The first kappa shape index (κ1) is 28.8. The van der Waals surface area contributed by atoms with Gasteiger partial charge in [0.15, 0.2) is 0 Å². The largest absolute Gasteiger partial charge is 0.352 e. The van der Waals surface area contributed by atoms with Gasteiger partial charge in [0.2, 0.25) is 11.8 Å². The molecule has 1 unspecified atom stereocenters. The van der Waals surface area contributed by atoms with Crippen LogP contribution in [-0.4, -0.2) is 43.8 Å². The Morgan fingerprint density at radius 3 is 1.95 bits per heavy atom. The molecular formula is C28H31F2N3O4S. The van der Waals surface area contributed by atoms with Crippen LogP contribution in [0.1, 0.15) is 32.8 Å². The number of carbonyl (C=O) groups is 2. The maximum absolute atomic E-state index is 13.8. The molecule has 202 valence electrons. The van der Waals surface area contributed by atoms with E-state index in [4.69, 9.17) is 0 Å². The Balaban J connectivity index is 2.03. The number of carbonyl (C=O) groups excluding carboxylic acids is 2. The number of rotatable bonds is 11. The van der Waals surface area contributed by atoms with Gasteiger partial charge in [-0.25, -0.2) is 17.2 Å². The van der Waals surface area contributed by atoms with Crippen LogP contribution in [0.15, 0.2) is 83.8 Å². The second kappa shape index (κ2) is 12.6. The second-order valence-electron chi connectivity index (χ2n) is 9.04. The Kier molecular flexibility index (Phi) is 9.57. The van der Waals surface area contributed by atoms with Crippen LogP contribution in [0.4, 0.5) is 14.5 Å². The van der Waals surface area contributed by atoms with Gasteiger partial charge in [0, 0.05) is 12.6 Å². The highest BCUT2D eigenvalue weighted by Gasteiger charge is 2.33. The zero-order chi connectivity index (χ0) is 27.9. The molecule has 0 bridgehead atoms. The van der Waals surface area contributed by atoms with Crippen LogP contribution in [0.25, 0.3) is 0 Å². The number of amides is 2. The average Bonchev–Trinajstić information content (AvgIpc) is 2.88. The molecule has 3 rings (SSSR count). The van der Waals surface area contributed by atoms with Gasteiger partial charge < -0.3 is 10.2 Å². The van der Waals surface area contributed by atoms with Crippen LogP contribution in [-0.2, 0) is 26.2 Å². The molecule has 0 aliphatic carbocycles. The predicted molar refractivity (Wildman–Crippen MR) is 142 cm³/mol.